The predicted molar refractivity (Wildman–Crippen MR) is 110 cm³/mol. The first kappa shape index (κ1) is 21.2. The van der Waals surface area contributed by atoms with Crippen molar-refractivity contribution in [3.63, 3.8) is 0 Å². The molecule has 148 valence electrons. The van der Waals surface area contributed by atoms with Crippen LogP contribution in [0.4, 0.5) is 0 Å². The van der Waals surface area contributed by atoms with Crippen molar-refractivity contribution < 1.29 is 14.7 Å². The van der Waals surface area contributed by atoms with Gasteiger partial charge < -0.3 is 9.67 Å². The van der Waals surface area contributed by atoms with E-state index in [1.54, 1.807) is 0 Å². The van der Waals surface area contributed by atoms with E-state index in [0.29, 0.717) is 6.42 Å². The highest BCUT2D eigenvalue weighted by molar-refractivity contribution is 6.09. The fourth-order valence-corrected chi connectivity index (χ4v) is 4.06. The van der Waals surface area contributed by atoms with Crippen LogP contribution in [-0.4, -0.2) is 21.4 Å². The van der Waals surface area contributed by atoms with Crippen LogP contribution in [0.2, 0.25) is 0 Å². The van der Waals surface area contributed by atoms with Gasteiger partial charge in [-0.05, 0) is 31.2 Å². The van der Waals surface area contributed by atoms with Gasteiger partial charge in [-0.1, -0.05) is 57.7 Å². The minimum atomic E-state index is -0.820. The molecule has 0 bridgehead atoms. The van der Waals surface area contributed by atoms with Crippen LogP contribution < -0.4 is 0 Å². The van der Waals surface area contributed by atoms with Gasteiger partial charge in [0.1, 0.15) is 0 Å². The third-order valence-corrected chi connectivity index (χ3v) is 5.41. The topological polar surface area (TPSA) is 59.3 Å². The summed E-state index contributed by atoms with van der Waals surface area (Å²) >= 11 is 0. The molecule has 0 radical (unpaired) electrons. The Morgan fingerprint density at radius 2 is 1.78 bits per heavy atom. The summed E-state index contributed by atoms with van der Waals surface area (Å²) in [6.45, 7) is 4.23. The summed E-state index contributed by atoms with van der Waals surface area (Å²) in [4.78, 5) is 24.4. The standard InChI is InChI=1S/C23H33NO3/c1-4-6-7-8-14-20-23(18-12-9-10-13-19(18)24(20)3)21(25)15-17(11-5-2)16-22(26)27/h9-10,12-13,17H,4-8,11,14-16H2,1-3H3,(H,26,27). The van der Waals surface area contributed by atoms with Gasteiger partial charge in [0.25, 0.3) is 0 Å². The van der Waals surface area contributed by atoms with Crippen LogP contribution in [0.15, 0.2) is 24.3 Å². The van der Waals surface area contributed by atoms with E-state index in [0.717, 1.165) is 47.8 Å². The smallest absolute Gasteiger partial charge is 0.303 e. The summed E-state index contributed by atoms with van der Waals surface area (Å²) in [6, 6.07) is 8.05. The highest BCUT2D eigenvalue weighted by Crippen LogP contribution is 2.30. The number of ketones is 1. The third kappa shape index (κ3) is 5.44. The Morgan fingerprint density at radius 1 is 1.04 bits per heavy atom. The minimum absolute atomic E-state index is 0.0657. The number of nitrogens with zero attached hydrogens (tertiary/aromatic N) is 1. The second-order valence-electron chi connectivity index (χ2n) is 7.59. The number of unbranched alkanes of at least 4 members (excludes halogenated alkanes) is 3. The number of fused-ring (bicyclic) bond motifs is 1. The van der Waals surface area contributed by atoms with Crippen molar-refractivity contribution in [3.05, 3.63) is 35.5 Å². The van der Waals surface area contributed by atoms with Crippen molar-refractivity contribution in [1.29, 1.82) is 0 Å². The van der Waals surface area contributed by atoms with E-state index in [-0.39, 0.29) is 18.1 Å². The van der Waals surface area contributed by atoms with E-state index < -0.39 is 5.97 Å². The second kappa shape index (κ2) is 10.3. The van der Waals surface area contributed by atoms with Crippen LogP contribution in [0, 0.1) is 5.92 Å². The number of Topliss-reactive ketones (excluding diaryl/α,β-unsaturated/α-hetero) is 1. The Morgan fingerprint density at radius 3 is 2.44 bits per heavy atom. The molecule has 0 aliphatic carbocycles. The summed E-state index contributed by atoms with van der Waals surface area (Å²) in [5.41, 5.74) is 3.00. The van der Waals surface area contributed by atoms with Crippen molar-refractivity contribution in [1.82, 2.24) is 4.57 Å². The number of hydrogen-bond acceptors (Lipinski definition) is 2. The van der Waals surface area contributed by atoms with Crippen LogP contribution >= 0.6 is 0 Å². The average molecular weight is 372 g/mol. The van der Waals surface area contributed by atoms with Gasteiger partial charge in [-0.25, -0.2) is 0 Å². The Hall–Kier alpha value is -2.10. The zero-order valence-corrected chi connectivity index (χ0v) is 17.0. The zero-order valence-electron chi connectivity index (χ0n) is 17.0. The van der Waals surface area contributed by atoms with Crippen molar-refractivity contribution >= 4 is 22.7 Å². The Labute approximate surface area is 162 Å². The lowest BCUT2D eigenvalue weighted by molar-refractivity contribution is -0.138. The number of benzene rings is 1. The van der Waals surface area contributed by atoms with Crippen LogP contribution in [0.3, 0.4) is 0 Å². The molecule has 1 N–H and O–H groups in total. The number of para-hydroxylation sites is 1. The lowest BCUT2D eigenvalue weighted by Crippen LogP contribution is -2.14. The SMILES string of the molecule is CCCCCCc1c(C(=O)CC(CCC)CC(=O)O)c2ccccc2n1C. The normalized spacial score (nSPS) is 12.4. The van der Waals surface area contributed by atoms with Crippen molar-refractivity contribution in [2.45, 2.75) is 71.6 Å². The number of rotatable bonds is 12. The molecule has 4 heteroatoms. The molecule has 0 aliphatic heterocycles. The first-order valence-electron chi connectivity index (χ1n) is 10.3. The van der Waals surface area contributed by atoms with Gasteiger partial charge in [0.2, 0.25) is 0 Å². The van der Waals surface area contributed by atoms with Gasteiger partial charge in [-0.2, -0.15) is 0 Å². The molecule has 0 saturated heterocycles. The number of hydrogen-bond donors (Lipinski definition) is 1. The fraction of sp³-hybridized carbons (Fsp3) is 0.565. The molecule has 0 amide bonds. The van der Waals surface area contributed by atoms with Gasteiger partial charge in [0.15, 0.2) is 5.78 Å². The number of aromatic nitrogens is 1. The van der Waals surface area contributed by atoms with Gasteiger partial charge in [-0.15, -0.1) is 0 Å². The molecule has 2 aromatic rings. The first-order valence-corrected chi connectivity index (χ1v) is 10.3. The molecular formula is C23H33NO3. The molecule has 1 aromatic carbocycles. The Balaban J connectivity index is 2.33. The number of aryl methyl sites for hydroxylation is 1. The molecule has 4 nitrogen and oxygen atoms in total. The molecular weight excluding hydrogens is 338 g/mol. The van der Waals surface area contributed by atoms with Crippen LogP contribution in [-0.2, 0) is 18.3 Å². The molecule has 1 aromatic heterocycles. The first-order chi connectivity index (χ1) is 13.0. The number of carboxylic acid groups (broad SMARTS) is 1. The lowest BCUT2D eigenvalue weighted by Gasteiger charge is -2.14. The van der Waals surface area contributed by atoms with E-state index in [9.17, 15) is 14.7 Å². The van der Waals surface area contributed by atoms with Crippen LogP contribution in [0.1, 0.15) is 81.3 Å². The maximum absolute atomic E-state index is 13.2. The van der Waals surface area contributed by atoms with Gasteiger partial charge in [0.05, 0.1) is 0 Å². The van der Waals surface area contributed by atoms with Crippen LogP contribution in [0.5, 0.6) is 0 Å². The molecule has 1 unspecified atom stereocenters. The fourth-order valence-electron chi connectivity index (χ4n) is 4.06. The van der Waals surface area contributed by atoms with E-state index in [1.165, 1.54) is 19.3 Å². The third-order valence-electron chi connectivity index (χ3n) is 5.41. The van der Waals surface area contributed by atoms with E-state index in [4.69, 9.17) is 0 Å². The molecule has 2 rings (SSSR count). The lowest BCUT2D eigenvalue weighted by atomic mass is 9.90. The minimum Gasteiger partial charge on any atom is -0.481 e. The summed E-state index contributed by atoms with van der Waals surface area (Å²) in [6.07, 6.45) is 7.59. The second-order valence-corrected chi connectivity index (χ2v) is 7.59. The molecule has 1 atom stereocenters. The molecule has 1 heterocycles. The van der Waals surface area contributed by atoms with Gasteiger partial charge in [-0.3, -0.25) is 9.59 Å². The predicted octanol–water partition coefficient (Wildman–Crippen LogP) is 5.76. The maximum atomic E-state index is 13.2. The molecule has 0 aliphatic rings. The van der Waals surface area contributed by atoms with Gasteiger partial charge in [0, 0.05) is 42.0 Å². The number of carbonyl (C=O) groups excluding carboxylic acids is 1. The van der Waals surface area contributed by atoms with E-state index in [1.807, 2.05) is 32.2 Å². The summed E-state index contributed by atoms with van der Waals surface area (Å²) in [7, 11) is 2.04. The van der Waals surface area contributed by atoms with Crippen molar-refractivity contribution in [2.24, 2.45) is 13.0 Å². The molecule has 0 spiro atoms. The Bertz CT molecular complexity index is 775. The van der Waals surface area contributed by atoms with Crippen LogP contribution in [0.25, 0.3) is 10.9 Å². The van der Waals surface area contributed by atoms with Gasteiger partial charge >= 0.3 is 5.97 Å². The zero-order chi connectivity index (χ0) is 19.8. The van der Waals surface area contributed by atoms with Crippen molar-refractivity contribution in [3.8, 4) is 0 Å². The monoisotopic (exact) mass is 371 g/mol. The molecule has 0 saturated carbocycles. The highest BCUT2D eigenvalue weighted by Gasteiger charge is 2.24. The largest absolute Gasteiger partial charge is 0.481 e. The summed E-state index contributed by atoms with van der Waals surface area (Å²) in [5.74, 6) is -0.817. The summed E-state index contributed by atoms with van der Waals surface area (Å²) in [5, 5.41) is 10.2. The maximum Gasteiger partial charge on any atom is 0.303 e. The van der Waals surface area contributed by atoms with E-state index in [2.05, 4.69) is 17.6 Å². The highest BCUT2D eigenvalue weighted by atomic mass is 16.4. The number of carboxylic acids is 1. The Kier molecular flexibility index (Phi) is 8.08. The number of carbonyl (C=O) groups is 2. The quantitative estimate of drug-likeness (QED) is 0.381. The average Bonchev–Trinajstić information content (AvgIpc) is 2.91. The molecule has 27 heavy (non-hydrogen) atoms. The van der Waals surface area contributed by atoms with E-state index >= 15 is 0 Å². The number of aliphatic carboxylic acids is 1. The molecule has 0 fully saturated rings. The summed E-state index contributed by atoms with van der Waals surface area (Å²) < 4.78 is 2.15. The van der Waals surface area contributed by atoms with Crippen molar-refractivity contribution in [2.75, 3.05) is 0 Å².